The van der Waals surface area contributed by atoms with Crippen molar-refractivity contribution in [1.29, 1.82) is 0 Å². The molecular weight excluding hydrogens is 322 g/mol. The highest BCUT2D eigenvalue weighted by molar-refractivity contribution is 9.10. The van der Waals surface area contributed by atoms with Gasteiger partial charge in [0.05, 0.1) is 6.04 Å². The molecule has 0 fully saturated rings. The van der Waals surface area contributed by atoms with Gasteiger partial charge in [-0.05, 0) is 60.7 Å². The van der Waals surface area contributed by atoms with Crippen LogP contribution in [0.5, 0.6) is 0 Å². The lowest BCUT2D eigenvalue weighted by molar-refractivity contribution is 0.858. The molecule has 1 atom stereocenters. The van der Waals surface area contributed by atoms with Crippen molar-refractivity contribution >= 4 is 27.5 Å². The van der Waals surface area contributed by atoms with Crippen LogP contribution in [0.2, 0.25) is 5.02 Å². The van der Waals surface area contributed by atoms with Crippen molar-refractivity contribution in [3.05, 3.63) is 67.6 Å². The SMILES string of the molecule is Cc1cc(Cl)c(C(N)c2cccc(Br)c2C)cc1C. The quantitative estimate of drug-likeness (QED) is 0.812. The van der Waals surface area contributed by atoms with Gasteiger partial charge < -0.3 is 5.73 Å². The van der Waals surface area contributed by atoms with Gasteiger partial charge in [-0.25, -0.2) is 0 Å². The zero-order valence-corrected chi connectivity index (χ0v) is 13.6. The molecule has 0 aliphatic heterocycles. The Labute approximate surface area is 127 Å². The summed E-state index contributed by atoms with van der Waals surface area (Å²) in [5.41, 5.74) is 12.0. The molecule has 0 amide bonds. The fraction of sp³-hybridized carbons (Fsp3) is 0.250. The fourth-order valence-corrected chi connectivity index (χ4v) is 2.89. The third-order valence-corrected chi connectivity index (χ3v) is 4.78. The Balaban J connectivity index is 2.53. The highest BCUT2D eigenvalue weighted by Gasteiger charge is 2.16. The molecule has 0 saturated carbocycles. The molecule has 1 unspecified atom stereocenters. The predicted molar refractivity (Wildman–Crippen MR) is 85.8 cm³/mol. The van der Waals surface area contributed by atoms with Gasteiger partial charge in [-0.15, -0.1) is 0 Å². The summed E-state index contributed by atoms with van der Waals surface area (Å²) < 4.78 is 1.07. The average molecular weight is 339 g/mol. The van der Waals surface area contributed by atoms with E-state index >= 15 is 0 Å². The monoisotopic (exact) mass is 337 g/mol. The third-order valence-electron chi connectivity index (χ3n) is 3.59. The summed E-state index contributed by atoms with van der Waals surface area (Å²) in [6, 6.07) is 9.94. The van der Waals surface area contributed by atoms with Crippen molar-refractivity contribution in [2.75, 3.05) is 0 Å². The van der Waals surface area contributed by atoms with Gasteiger partial charge in [0.1, 0.15) is 0 Å². The van der Waals surface area contributed by atoms with Crippen molar-refractivity contribution in [3.63, 3.8) is 0 Å². The van der Waals surface area contributed by atoms with Gasteiger partial charge in [-0.2, -0.15) is 0 Å². The van der Waals surface area contributed by atoms with Gasteiger partial charge in [-0.1, -0.05) is 45.7 Å². The van der Waals surface area contributed by atoms with E-state index in [1.54, 1.807) is 0 Å². The highest BCUT2D eigenvalue weighted by atomic mass is 79.9. The van der Waals surface area contributed by atoms with E-state index in [4.69, 9.17) is 17.3 Å². The Hall–Kier alpha value is -0.830. The van der Waals surface area contributed by atoms with Crippen LogP contribution in [-0.2, 0) is 0 Å². The molecule has 2 N–H and O–H groups in total. The minimum atomic E-state index is -0.204. The van der Waals surface area contributed by atoms with Gasteiger partial charge in [-0.3, -0.25) is 0 Å². The van der Waals surface area contributed by atoms with E-state index in [-0.39, 0.29) is 6.04 Å². The van der Waals surface area contributed by atoms with Crippen molar-refractivity contribution in [1.82, 2.24) is 0 Å². The molecule has 0 bridgehead atoms. The van der Waals surface area contributed by atoms with Crippen LogP contribution < -0.4 is 5.73 Å². The van der Waals surface area contributed by atoms with Crippen molar-refractivity contribution in [2.24, 2.45) is 5.73 Å². The maximum atomic E-state index is 6.40. The Morgan fingerprint density at radius 3 is 2.37 bits per heavy atom. The normalized spacial score (nSPS) is 12.5. The van der Waals surface area contributed by atoms with Crippen molar-refractivity contribution in [2.45, 2.75) is 26.8 Å². The van der Waals surface area contributed by atoms with Crippen LogP contribution in [0.3, 0.4) is 0 Å². The van der Waals surface area contributed by atoms with E-state index in [2.05, 4.69) is 48.8 Å². The Kier molecular flexibility index (Phi) is 4.34. The number of benzene rings is 2. The van der Waals surface area contributed by atoms with Crippen LogP contribution in [0.15, 0.2) is 34.8 Å². The van der Waals surface area contributed by atoms with Crippen LogP contribution in [0.4, 0.5) is 0 Å². The molecule has 0 radical (unpaired) electrons. The molecule has 0 heterocycles. The summed E-state index contributed by atoms with van der Waals surface area (Å²) in [4.78, 5) is 0. The summed E-state index contributed by atoms with van der Waals surface area (Å²) in [5.74, 6) is 0. The predicted octanol–water partition coefficient (Wildman–Crippen LogP) is 5.08. The Bertz CT molecular complexity index is 622. The number of aryl methyl sites for hydroxylation is 2. The summed E-state index contributed by atoms with van der Waals surface area (Å²) >= 11 is 9.89. The van der Waals surface area contributed by atoms with Gasteiger partial charge >= 0.3 is 0 Å². The van der Waals surface area contributed by atoms with E-state index in [1.165, 1.54) is 11.1 Å². The fourth-order valence-electron chi connectivity index (χ4n) is 2.17. The standard InChI is InChI=1S/C16H17BrClN/c1-9-7-13(15(18)8-10(9)2)16(19)12-5-4-6-14(17)11(12)3/h4-8,16H,19H2,1-3H3. The van der Waals surface area contributed by atoms with E-state index in [0.29, 0.717) is 0 Å². The van der Waals surface area contributed by atoms with Gasteiger partial charge in [0, 0.05) is 9.50 Å². The van der Waals surface area contributed by atoms with Crippen LogP contribution in [0.25, 0.3) is 0 Å². The molecule has 100 valence electrons. The second-order valence-corrected chi connectivity index (χ2v) is 6.15. The number of hydrogen-bond donors (Lipinski definition) is 1. The average Bonchev–Trinajstić information content (AvgIpc) is 2.36. The van der Waals surface area contributed by atoms with E-state index < -0.39 is 0 Å². The van der Waals surface area contributed by atoms with Crippen LogP contribution in [-0.4, -0.2) is 0 Å². The lowest BCUT2D eigenvalue weighted by Gasteiger charge is -2.19. The topological polar surface area (TPSA) is 26.0 Å². The largest absolute Gasteiger partial charge is 0.320 e. The Morgan fingerprint density at radius 2 is 1.68 bits per heavy atom. The summed E-state index contributed by atoms with van der Waals surface area (Å²) in [6.45, 7) is 6.20. The van der Waals surface area contributed by atoms with Crippen molar-refractivity contribution < 1.29 is 0 Å². The summed E-state index contributed by atoms with van der Waals surface area (Å²) in [7, 11) is 0. The number of halogens is 2. The van der Waals surface area contributed by atoms with E-state index in [0.717, 1.165) is 26.2 Å². The van der Waals surface area contributed by atoms with Crippen LogP contribution in [0, 0.1) is 20.8 Å². The molecule has 0 aromatic heterocycles. The smallest absolute Gasteiger partial charge is 0.0569 e. The summed E-state index contributed by atoms with van der Waals surface area (Å²) in [6.07, 6.45) is 0. The molecule has 3 heteroatoms. The molecule has 0 saturated heterocycles. The molecular formula is C16H17BrClN. The second kappa shape index (κ2) is 5.66. The first kappa shape index (κ1) is 14.6. The number of nitrogens with two attached hydrogens (primary N) is 1. The zero-order chi connectivity index (χ0) is 14.2. The molecule has 0 aliphatic carbocycles. The molecule has 2 aromatic rings. The molecule has 0 spiro atoms. The summed E-state index contributed by atoms with van der Waals surface area (Å²) in [5, 5.41) is 0.731. The first-order chi connectivity index (χ1) is 8.91. The first-order valence-electron chi connectivity index (χ1n) is 6.19. The maximum Gasteiger partial charge on any atom is 0.0569 e. The van der Waals surface area contributed by atoms with Crippen molar-refractivity contribution in [3.8, 4) is 0 Å². The molecule has 0 aliphatic rings. The first-order valence-corrected chi connectivity index (χ1v) is 7.36. The third kappa shape index (κ3) is 2.86. The number of rotatable bonds is 2. The van der Waals surface area contributed by atoms with Crippen LogP contribution >= 0.6 is 27.5 Å². The minimum absolute atomic E-state index is 0.204. The lowest BCUT2D eigenvalue weighted by atomic mass is 9.93. The second-order valence-electron chi connectivity index (χ2n) is 4.89. The van der Waals surface area contributed by atoms with Gasteiger partial charge in [0.2, 0.25) is 0 Å². The molecule has 19 heavy (non-hydrogen) atoms. The minimum Gasteiger partial charge on any atom is -0.320 e. The van der Waals surface area contributed by atoms with E-state index in [1.807, 2.05) is 18.2 Å². The van der Waals surface area contributed by atoms with Crippen LogP contribution in [0.1, 0.15) is 33.9 Å². The van der Waals surface area contributed by atoms with E-state index in [9.17, 15) is 0 Å². The molecule has 2 rings (SSSR count). The molecule has 1 nitrogen and oxygen atoms in total. The number of hydrogen-bond acceptors (Lipinski definition) is 1. The Morgan fingerprint density at radius 1 is 1.05 bits per heavy atom. The lowest BCUT2D eigenvalue weighted by Crippen LogP contribution is -2.14. The van der Waals surface area contributed by atoms with Gasteiger partial charge in [0.25, 0.3) is 0 Å². The molecule has 2 aromatic carbocycles. The maximum absolute atomic E-state index is 6.40. The highest BCUT2D eigenvalue weighted by Crippen LogP contribution is 2.32. The zero-order valence-electron chi connectivity index (χ0n) is 11.3. The van der Waals surface area contributed by atoms with Gasteiger partial charge in [0.15, 0.2) is 0 Å².